The van der Waals surface area contributed by atoms with Crippen molar-refractivity contribution in [3.8, 4) is 5.75 Å². The summed E-state index contributed by atoms with van der Waals surface area (Å²) in [5.41, 5.74) is 5.01. The number of anilines is 1. The number of likely N-dealkylation sites (tertiary alicyclic amines) is 1. The summed E-state index contributed by atoms with van der Waals surface area (Å²) in [5, 5.41) is 4.94. The Morgan fingerprint density at radius 3 is 3.06 bits per heavy atom. The number of fused-ring (bicyclic) bond motifs is 1. The minimum Gasteiger partial charge on any atom is -0.487 e. The second kappa shape index (κ2) is 8.77. The number of nitrogens with zero attached hydrogens (tertiary/aromatic N) is 3. The second-order valence-corrected chi connectivity index (χ2v) is 8.25. The Morgan fingerprint density at radius 1 is 1.26 bits per heavy atom. The van der Waals surface area contributed by atoms with Crippen molar-refractivity contribution in [3.05, 3.63) is 71.0 Å². The van der Waals surface area contributed by atoms with E-state index >= 15 is 0 Å². The van der Waals surface area contributed by atoms with Crippen LogP contribution in [0.25, 0.3) is 11.1 Å². The van der Waals surface area contributed by atoms with Gasteiger partial charge in [-0.3, -0.25) is 0 Å². The monoisotopic (exact) mass is 434 g/mol. The highest BCUT2D eigenvalue weighted by Gasteiger charge is 2.28. The van der Waals surface area contributed by atoms with E-state index in [0.717, 1.165) is 29.6 Å². The molecule has 7 nitrogen and oxygen atoms in total. The molecule has 1 unspecified atom stereocenters. The minimum atomic E-state index is -0.127. The number of carbonyl (C=O) groups excluding carboxylic acids is 1. The highest BCUT2D eigenvalue weighted by Crippen LogP contribution is 2.29. The number of amides is 2. The first-order chi connectivity index (χ1) is 15.2. The number of carbonyl (C=O) groups is 1. The van der Waals surface area contributed by atoms with E-state index in [9.17, 15) is 4.79 Å². The van der Waals surface area contributed by atoms with Crippen LogP contribution in [0.15, 0.2) is 63.8 Å². The zero-order valence-electron chi connectivity index (χ0n) is 16.9. The molecule has 5 rings (SSSR count). The topological polar surface area (TPSA) is 80.5 Å². The molecule has 2 aromatic heterocycles. The van der Waals surface area contributed by atoms with Gasteiger partial charge in [0, 0.05) is 30.2 Å². The van der Waals surface area contributed by atoms with E-state index in [0.29, 0.717) is 37.0 Å². The molecule has 0 bridgehead atoms. The van der Waals surface area contributed by atoms with Crippen molar-refractivity contribution in [2.75, 3.05) is 18.4 Å². The summed E-state index contributed by atoms with van der Waals surface area (Å²) in [6, 6.07) is 15.0. The van der Waals surface area contributed by atoms with Crippen molar-refractivity contribution in [3.63, 3.8) is 0 Å². The summed E-state index contributed by atoms with van der Waals surface area (Å²) < 4.78 is 11.7. The van der Waals surface area contributed by atoms with Crippen molar-refractivity contribution in [2.24, 2.45) is 0 Å². The third kappa shape index (κ3) is 4.54. The number of ether oxygens (including phenoxy) is 1. The zero-order valence-corrected chi connectivity index (χ0v) is 17.7. The molecule has 3 heterocycles. The Morgan fingerprint density at radius 2 is 2.19 bits per heavy atom. The van der Waals surface area contributed by atoms with E-state index in [-0.39, 0.29) is 11.9 Å². The van der Waals surface area contributed by atoms with E-state index in [1.807, 2.05) is 58.8 Å². The van der Waals surface area contributed by atoms with Gasteiger partial charge >= 0.3 is 6.03 Å². The average Bonchev–Trinajstić information content (AvgIpc) is 3.48. The molecule has 0 spiro atoms. The molecular formula is C23H22N4O3S. The number of urea groups is 1. The summed E-state index contributed by atoms with van der Waals surface area (Å²) >= 11 is 1.54. The van der Waals surface area contributed by atoms with E-state index in [1.54, 1.807) is 5.51 Å². The number of benzene rings is 2. The van der Waals surface area contributed by atoms with Crippen molar-refractivity contribution in [2.45, 2.75) is 25.4 Å². The molecule has 31 heavy (non-hydrogen) atoms. The summed E-state index contributed by atoms with van der Waals surface area (Å²) in [4.78, 5) is 23.5. The van der Waals surface area contributed by atoms with Crippen LogP contribution in [0.2, 0.25) is 0 Å². The largest absolute Gasteiger partial charge is 0.487 e. The maximum atomic E-state index is 12.9. The predicted octanol–water partition coefficient (Wildman–Crippen LogP) is 5.27. The molecule has 0 radical (unpaired) electrons. The molecule has 1 fully saturated rings. The van der Waals surface area contributed by atoms with Crippen LogP contribution < -0.4 is 10.1 Å². The maximum Gasteiger partial charge on any atom is 0.321 e. The van der Waals surface area contributed by atoms with Gasteiger partial charge < -0.3 is 19.4 Å². The van der Waals surface area contributed by atoms with Crippen LogP contribution in [-0.4, -0.2) is 34.0 Å². The van der Waals surface area contributed by atoms with E-state index < -0.39 is 0 Å². The fourth-order valence-electron chi connectivity index (χ4n) is 3.76. The normalized spacial score (nSPS) is 16.4. The first-order valence-electron chi connectivity index (χ1n) is 10.3. The Balaban J connectivity index is 1.22. The van der Waals surface area contributed by atoms with Crippen LogP contribution in [0, 0.1) is 0 Å². The summed E-state index contributed by atoms with van der Waals surface area (Å²) in [7, 11) is 0. The molecule has 1 aliphatic heterocycles. The molecule has 0 aliphatic carbocycles. The fraction of sp³-hybridized carbons (Fsp3) is 0.261. The Labute approximate surface area is 183 Å². The van der Waals surface area contributed by atoms with Crippen LogP contribution in [-0.2, 0) is 6.61 Å². The lowest BCUT2D eigenvalue weighted by Gasteiger charge is -2.31. The van der Waals surface area contributed by atoms with Crippen LogP contribution in [0.5, 0.6) is 5.75 Å². The number of aromatic nitrogens is 2. The van der Waals surface area contributed by atoms with Crippen molar-refractivity contribution in [1.29, 1.82) is 0 Å². The lowest BCUT2D eigenvalue weighted by Crippen LogP contribution is -2.41. The van der Waals surface area contributed by atoms with E-state index in [4.69, 9.17) is 9.15 Å². The molecule has 2 aromatic carbocycles. The van der Waals surface area contributed by atoms with E-state index in [1.165, 1.54) is 11.3 Å². The molecule has 1 atom stereocenters. The number of hydrogen-bond acceptors (Lipinski definition) is 6. The second-order valence-electron chi connectivity index (χ2n) is 7.53. The minimum absolute atomic E-state index is 0.0969. The van der Waals surface area contributed by atoms with Crippen molar-refractivity contribution >= 4 is 34.2 Å². The number of para-hydroxylation sites is 2. The molecule has 4 aromatic rings. The first-order valence-corrected chi connectivity index (χ1v) is 11.2. The number of piperidine rings is 1. The predicted molar refractivity (Wildman–Crippen MR) is 119 cm³/mol. The van der Waals surface area contributed by atoms with Gasteiger partial charge in [0.25, 0.3) is 0 Å². The maximum absolute atomic E-state index is 12.9. The number of thiazole rings is 1. The van der Waals surface area contributed by atoms with Gasteiger partial charge in [0.1, 0.15) is 17.9 Å². The van der Waals surface area contributed by atoms with Crippen LogP contribution in [0.4, 0.5) is 10.5 Å². The summed E-state index contributed by atoms with van der Waals surface area (Å²) in [6.45, 7) is 1.69. The molecule has 1 N–H and O–H groups in total. The average molecular weight is 435 g/mol. The highest BCUT2D eigenvalue weighted by atomic mass is 32.1. The number of oxazole rings is 1. The van der Waals surface area contributed by atoms with E-state index in [2.05, 4.69) is 15.3 Å². The first kappa shape index (κ1) is 19.6. The van der Waals surface area contributed by atoms with Gasteiger partial charge in [0.05, 0.1) is 17.1 Å². The fourth-order valence-corrected chi connectivity index (χ4v) is 4.30. The van der Waals surface area contributed by atoms with Crippen LogP contribution >= 0.6 is 11.3 Å². The van der Waals surface area contributed by atoms with Gasteiger partial charge in [-0.05, 0) is 37.1 Å². The molecule has 8 heteroatoms. The summed E-state index contributed by atoms with van der Waals surface area (Å²) in [6.07, 6.45) is 1.87. The molecule has 1 aliphatic rings. The third-order valence-corrected chi connectivity index (χ3v) is 5.96. The standard InChI is InChI=1S/C23H22N4O3S/c28-23(25-17-6-3-7-19(11-17)29-13-18-14-31-15-24-18)27-10-4-5-16(12-27)22-26-20-8-1-2-9-21(20)30-22/h1-3,6-9,11,14-16H,4-5,10,12-13H2,(H,25,28). The smallest absolute Gasteiger partial charge is 0.321 e. The Kier molecular flexibility index (Phi) is 5.54. The zero-order chi connectivity index (χ0) is 21.0. The molecule has 0 saturated carbocycles. The number of hydrogen-bond donors (Lipinski definition) is 1. The van der Waals surface area contributed by atoms with Gasteiger partial charge in [-0.2, -0.15) is 0 Å². The van der Waals surface area contributed by atoms with Gasteiger partial charge in [0.2, 0.25) is 0 Å². The van der Waals surface area contributed by atoms with Crippen molar-refractivity contribution in [1.82, 2.24) is 14.9 Å². The molecule has 2 amide bonds. The third-order valence-electron chi connectivity index (χ3n) is 5.32. The van der Waals surface area contributed by atoms with Crippen molar-refractivity contribution < 1.29 is 13.9 Å². The molecule has 1 saturated heterocycles. The van der Waals surface area contributed by atoms with Gasteiger partial charge in [-0.15, -0.1) is 11.3 Å². The van der Waals surface area contributed by atoms with Crippen LogP contribution in [0.1, 0.15) is 30.3 Å². The quantitative estimate of drug-likeness (QED) is 0.463. The van der Waals surface area contributed by atoms with Gasteiger partial charge in [-0.1, -0.05) is 18.2 Å². The summed E-state index contributed by atoms with van der Waals surface area (Å²) in [5.74, 6) is 1.49. The van der Waals surface area contributed by atoms with Crippen LogP contribution in [0.3, 0.4) is 0 Å². The van der Waals surface area contributed by atoms with Gasteiger partial charge in [-0.25, -0.2) is 14.8 Å². The number of rotatable bonds is 5. The van der Waals surface area contributed by atoms with Gasteiger partial charge in [0.15, 0.2) is 11.5 Å². The molecule has 158 valence electrons. The number of nitrogens with one attached hydrogen (secondary N) is 1. The SMILES string of the molecule is O=C(Nc1cccc(OCc2cscn2)c1)N1CCCC(c2nc3ccccc3o2)C1. The highest BCUT2D eigenvalue weighted by molar-refractivity contribution is 7.07. The lowest BCUT2D eigenvalue weighted by molar-refractivity contribution is 0.187. The lowest BCUT2D eigenvalue weighted by atomic mass is 9.98. The Hall–Kier alpha value is -3.39. The Bertz CT molecular complexity index is 1140. The molecular weight excluding hydrogens is 412 g/mol.